The second-order valence-corrected chi connectivity index (χ2v) is 3.67. The van der Waals surface area contributed by atoms with Crippen LogP contribution in [0.1, 0.15) is 5.69 Å². The van der Waals surface area contributed by atoms with Crippen molar-refractivity contribution in [2.75, 3.05) is 0 Å². The minimum absolute atomic E-state index is 0.0885. The van der Waals surface area contributed by atoms with Crippen molar-refractivity contribution in [2.24, 2.45) is 0 Å². The summed E-state index contributed by atoms with van der Waals surface area (Å²) in [6, 6.07) is 1.58. The normalized spacial score (nSPS) is 10.6. The Morgan fingerprint density at radius 1 is 1.44 bits per heavy atom. The fraction of sp³-hybridized carbons (Fsp3) is 0.100. The Morgan fingerprint density at radius 2 is 2.17 bits per heavy atom. The molecule has 0 amide bonds. The monoisotopic (exact) mass is 273 g/mol. The Kier molecular flexibility index (Phi) is 3.24. The summed E-state index contributed by atoms with van der Waals surface area (Å²) in [4.78, 5) is 16.0. The van der Waals surface area contributed by atoms with E-state index in [-0.39, 0.29) is 11.7 Å². The molecular weight excluding hydrogens is 268 g/mol. The third kappa shape index (κ3) is 2.04. The summed E-state index contributed by atoms with van der Waals surface area (Å²) in [6.07, 6.45) is 1.31. The van der Waals surface area contributed by atoms with Crippen molar-refractivity contribution in [3.63, 3.8) is 0 Å². The first-order valence-electron chi connectivity index (χ1n) is 4.77. The predicted molar refractivity (Wildman–Crippen MR) is 60.2 cm³/mol. The largest absolute Gasteiger partial charge is 0.341 e. The predicted octanol–water partition coefficient (Wildman–Crippen LogP) is 3.00. The fourth-order valence-electron chi connectivity index (χ4n) is 1.45. The zero-order valence-electron chi connectivity index (χ0n) is 8.78. The van der Waals surface area contributed by atoms with Gasteiger partial charge < -0.3 is 4.98 Å². The van der Waals surface area contributed by atoms with Crippen LogP contribution in [0.25, 0.3) is 11.4 Å². The number of hydrogen-bond acceptors (Lipinski definition) is 3. The molecule has 0 spiro atoms. The lowest BCUT2D eigenvalue weighted by Crippen LogP contribution is -1.98. The van der Waals surface area contributed by atoms with Gasteiger partial charge in [0.1, 0.15) is 11.6 Å². The highest BCUT2D eigenvalue weighted by atomic mass is 35.5. The SMILES string of the molecule is O=[N+]([O-])c1ccc(F)c(-c2ncc(CCl)[nH]2)c1F. The lowest BCUT2D eigenvalue weighted by Gasteiger charge is -2.02. The molecule has 1 heterocycles. The molecule has 1 aromatic heterocycles. The van der Waals surface area contributed by atoms with Gasteiger partial charge in [0.15, 0.2) is 0 Å². The molecule has 0 radical (unpaired) electrons. The molecule has 0 aliphatic rings. The number of imidazole rings is 1. The van der Waals surface area contributed by atoms with Crippen molar-refractivity contribution < 1.29 is 13.7 Å². The van der Waals surface area contributed by atoms with E-state index in [2.05, 4.69) is 9.97 Å². The van der Waals surface area contributed by atoms with Gasteiger partial charge in [0.2, 0.25) is 5.82 Å². The number of alkyl halides is 1. The maximum atomic E-state index is 13.8. The van der Waals surface area contributed by atoms with Crippen molar-refractivity contribution in [1.29, 1.82) is 0 Å². The van der Waals surface area contributed by atoms with Crippen LogP contribution in [0.4, 0.5) is 14.5 Å². The van der Waals surface area contributed by atoms with E-state index in [1.165, 1.54) is 6.20 Å². The zero-order chi connectivity index (χ0) is 13.3. The van der Waals surface area contributed by atoms with E-state index in [4.69, 9.17) is 11.6 Å². The summed E-state index contributed by atoms with van der Waals surface area (Å²) in [5.74, 6) is -2.25. The van der Waals surface area contributed by atoms with Crippen LogP contribution in [-0.2, 0) is 5.88 Å². The molecule has 0 fully saturated rings. The van der Waals surface area contributed by atoms with Gasteiger partial charge in [-0.2, -0.15) is 4.39 Å². The number of nitro benzene ring substituents is 1. The number of aromatic nitrogens is 2. The van der Waals surface area contributed by atoms with Crippen molar-refractivity contribution >= 4 is 17.3 Å². The zero-order valence-corrected chi connectivity index (χ0v) is 9.54. The molecule has 1 aromatic carbocycles. The second kappa shape index (κ2) is 4.69. The summed E-state index contributed by atoms with van der Waals surface area (Å²) < 4.78 is 27.3. The minimum atomic E-state index is -1.27. The molecule has 0 aliphatic carbocycles. The molecule has 0 unspecified atom stereocenters. The molecular formula is C10H6ClF2N3O2. The van der Waals surface area contributed by atoms with E-state index >= 15 is 0 Å². The third-order valence-corrected chi connectivity index (χ3v) is 2.56. The molecule has 0 aliphatic heterocycles. The minimum Gasteiger partial charge on any atom is -0.341 e. The van der Waals surface area contributed by atoms with E-state index in [1.54, 1.807) is 0 Å². The highest BCUT2D eigenvalue weighted by Gasteiger charge is 2.24. The van der Waals surface area contributed by atoms with E-state index in [1.807, 2.05) is 0 Å². The standard InChI is InChI=1S/C10H6ClF2N3O2/c11-3-5-4-14-10(15-5)8-6(12)1-2-7(9(8)13)16(17)18/h1-2,4H,3H2,(H,14,15). The summed E-state index contributed by atoms with van der Waals surface area (Å²) in [6.45, 7) is 0. The van der Waals surface area contributed by atoms with Crippen LogP contribution in [0.15, 0.2) is 18.3 Å². The van der Waals surface area contributed by atoms with Gasteiger partial charge >= 0.3 is 5.69 Å². The Balaban J connectivity index is 2.62. The molecule has 2 rings (SSSR count). The molecule has 0 saturated carbocycles. The summed E-state index contributed by atoms with van der Waals surface area (Å²) in [5, 5.41) is 10.6. The highest BCUT2D eigenvalue weighted by molar-refractivity contribution is 6.16. The molecule has 2 aromatic rings. The highest BCUT2D eigenvalue weighted by Crippen LogP contribution is 2.29. The van der Waals surface area contributed by atoms with Gasteiger partial charge in [0, 0.05) is 18.0 Å². The molecule has 1 N–H and O–H groups in total. The number of benzene rings is 1. The summed E-state index contributed by atoms with van der Waals surface area (Å²) in [7, 11) is 0. The molecule has 5 nitrogen and oxygen atoms in total. The first-order valence-corrected chi connectivity index (χ1v) is 5.30. The molecule has 18 heavy (non-hydrogen) atoms. The van der Waals surface area contributed by atoms with Crippen LogP contribution < -0.4 is 0 Å². The maximum absolute atomic E-state index is 13.8. The smallest absolute Gasteiger partial charge is 0.305 e. The van der Waals surface area contributed by atoms with E-state index in [9.17, 15) is 18.9 Å². The topological polar surface area (TPSA) is 71.8 Å². The van der Waals surface area contributed by atoms with Crippen LogP contribution in [0.5, 0.6) is 0 Å². The van der Waals surface area contributed by atoms with Crippen LogP contribution in [-0.4, -0.2) is 14.9 Å². The molecule has 0 saturated heterocycles. The molecule has 0 bridgehead atoms. The Hall–Kier alpha value is -2.02. The summed E-state index contributed by atoms with van der Waals surface area (Å²) >= 11 is 5.52. The number of hydrogen-bond donors (Lipinski definition) is 1. The van der Waals surface area contributed by atoms with Gasteiger partial charge in [-0.1, -0.05) is 0 Å². The van der Waals surface area contributed by atoms with Gasteiger partial charge in [-0.3, -0.25) is 10.1 Å². The number of nitrogens with one attached hydrogen (secondary N) is 1. The van der Waals surface area contributed by atoms with Crippen LogP contribution in [0, 0.1) is 21.7 Å². The van der Waals surface area contributed by atoms with Crippen LogP contribution in [0.3, 0.4) is 0 Å². The quantitative estimate of drug-likeness (QED) is 0.531. The van der Waals surface area contributed by atoms with Gasteiger partial charge in [-0.15, -0.1) is 11.6 Å². The number of halogens is 3. The number of H-pyrrole nitrogens is 1. The van der Waals surface area contributed by atoms with Crippen LogP contribution >= 0.6 is 11.6 Å². The molecule has 0 atom stereocenters. The third-order valence-electron chi connectivity index (χ3n) is 2.28. The van der Waals surface area contributed by atoms with Gasteiger partial charge in [-0.05, 0) is 6.07 Å². The van der Waals surface area contributed by atoms with Gasteiger partial charge in [0.05, 0.1) is 16.4 Å². The first kappa shape index (κ1) is 12.4. The van der Waals surface area contributed by atoms with E-state index in [0.717, 1.165) is 12.1 Å². The van der Waals surface area contributed by atoms with E-state index in [0.29, 0.717) is 5.69 Å². The van der Waals surface area contributed by atoms with Crippen molar-refractivity contribution in [2.45, 2.75) is 5.88 Å². The fourth-order valence-corrected chi connectivity index (χ4v) is 1.59. The van der Waals surface area contributed by atoms with Crippen molar-refractivity contribution in [3.8, 4) is 11.4 Å². The van der Waals surface area contributed by atoms with Crippen molar-refractivity contribution in [3.05, 3.63) is 45.8 Å². The summed E-state index contributed by atoms with van der Waals surface area (Å²) in [5.41, 5.74) is -0.923. The Labute approximate surface area is 105 Å². The number of nitrogens with zero attached hydrogens (tertiary/aromatic N) is 2. The average Bonchev–Trinajstić information content (AvgIpc) is 2.77. The lowest BCUT2D eigenvalue weighted by atomic mass is 10.1. The number of aromatic amines is 1. The molecule has 8 heteroatoms. The van der Waals surface area contributed by atoms with Gasteiger partial charge in [-0.25, -0.2) is 9.37 Å². The second-order valence-electron chi connectivity index (χ2n) is 3.40. The van der Waals surface area contributed by atoms with Crippen LogP contribution in [0.2, 0.25) is 0 Å². The Bertz CT molecular complexity index is 615. The average molecular weight is 274 g/mol. The number of nitro groups is 1. The van der Waals surface area contributed by atoms with Crippen molar-refractivity contribution in [1.82, 2.24) is 9.97 Å². The maximum Gasteiger partial charge on any atom is 0.305 e. The Morgan fingerprint density at radius 3 is 2.72 bits per heavy atom. The lowest BCUT2D eigenvalue weighted by molar-refractivity contribution is -0.387. The van der Waals surface area contributed by atoms with E-state index < -0.39 is 27.8 Å². The van der Waals surface area contributed by atoms with Gasteiger partial charge in [0.25, 0.3) is 0 Å². The first-order chi connectivity index (χ1) is 8.54. The number of rotatable bonds is 3. The molecule has 94 valence electrons.